The molecule has 0 amide bonds. The second-order valence-electron chi connectivity index (χ2n) is 3.21. The van der Waals surface area contributed by atoms with E-state index in [0.29, 0.717) is 0 Å². The van der Waals surface area contributed by atoms with Crippen molar-refractivity contribution in [2.24, 2.45) is 0 Å². The van der Waals surface area contributed by atoms with Crippen LogP contribution in [0.5, 0.6) is 0 Å². The van der Waals surface area contributed by atoms with Gasteiger partial charge in [-0.25, -0.2) is 0 Å². The zero-order valence-corrected chi connectivity index (χ0v) is 7.62. The van der Waals surface area contributed by atoms with Crippen LogP contribution in [-0.4, -0.2) is 0 Å². The minimum absolute atomic E-state index is 0.988. The van der Waals surface area contributed by atoms with Crippen LogP contribution >= 0.6 is 0 Å². The van der Waals surface area contributed by atoms with Gasteiger partial charge in [0.25, 0.3) is 0 Å². The highest BCUT2D eigenvalue weighted by Crippen LogP contribution is 2.21. The molecule has 67 valence electrons. The van der Waals surface area contributed by atoms with Crippen LogP contribution in [0.4, 0.5) is 0 Å². The quantitative estimate of drug-likeness (QED) is 0.691. The van der Waals surface area contributed by atoms with Crippen molar-refractivity contribution in [3.05, 3.63) is 43.0 Å². The van der Waals surface area contributed by atoms with Gasteiger partial charge in [0.1, 0.15) is 5.58 Å². The summed E-state index contributed by atoms with van der Waals surface area (Å²) in [5, 5.41) is 1.25. The maximum atomic E-state index is 5.32. The van der Waals surface area contributed by atoms with Crippen molar-refractivity contribution >= 4 is 11.0 Å². The molecule has 0 unspecified atom stereocenters. The molecule has 0 aliphatic rings. The van der Waals surface area contributed by atoms with Gasteiger partial charge >= 0.3 is 0 Å². The maximum Gasteiger partial charge on any atom is 0.134 e. The Hall–Kier alpha value is -1.24. The van der Waals surface area contributed by atoms with E-state index < -0.39 is 0 Å². The van der Waals surface area contributed by atoms with Gasteiger partial charge in [0.2, 0.25) is 0 Å². The first-order valence-electron chi connectivity index (χ1n) is 4.66. The summed E-state index contributed by atoms with van der Waals surface area (Å²) in [7, 11) is 0. The van der Waals surface area contributed by atoms with Gasteiger partial charge in [-0.05, 0) is 30.5 Å². The van der Waals surface area contributed by atoms with Gasteiger partial charge in [-0.15, -0.1) is 0 Å². The summed E-state index contributed by atoms with van der Waals surface area (Å²) < 4.78 is 5.32. The molecule has 0 spiro atoms. The van der Waals surface area contributed by atoms with Crippen LogP contribution in [0.25, 0.3) is 11.0 Å². The van der Waals surface area contributed by atoms with Crippen molar-refractivity contribution in [3.63, 3.8) is 0 Å². The van der Waals surface area contributed by atoms with Crippen molar-refractivity contribution in [1.82, 2.24) is 0 Å². The average Bonchev–Trinajstić information content (AvgIpc) is 2.62. The van der Waals surface area contributed by atoms with Crippen molar-refractivity contribution in [1.29, 1.82) is 0 Å². The van der Waals surface area contributed by atoms with Crippen LogP contribution in [0.1, 0.15) is 18.4 Å². The molecule has 0 aliphatic carbocycles. The molecule has 2 rings (SSSR count). The van der Waals surface area contributed by atoms with Gasteiger partial charge < -0.3 is 4.42 Å². The number of fused-ring (bicyclic) bond motifs is 1. The molecule has 1 heterocycles. The third-order valence-electron chi connectivity index (χ3n) is 2.28. The monoisotopic (exact) mass is 173 g/mol. The van der Waals surface area contributed by atoms with Gasteiger partial charge in [-0.2, -0.15) is 0 Å². The molecule has 1 aromatic heterocycles. The highest BCUT2D eigenvalue weighted by Gasteiger charge is 2.01. The highest BCUT2D eigenvalue weighted by atomic mass is 16.3. The number of hydrogen-bond donors (Lipinski definition) is 0. The van der Waals surface area contributed by atoms with Crippen LogP contribution in [-0.2, 0) is 6.42 Å². The van der Waals surface area contributed by atoms with Crippen molar-refractivity contribution < 1.29 is 4.42 Å². The molecule has 0 aliphatic heterocycles. The standard InChI is InChI=1S/C12H13O/c1-2-3-5-10-6-4-7-12-11(10)8-9-13-12/h4,6-9H,1-3,5H2. The Morgan fingerprint density at radius 1 is 1.23 bits per heavy atom. The lowest BCUT2D eigenvalue weighted by Crippen LogP contribution is -1.84. The predicted molar refractivity (Wildman–Crippen MR) is 54.5 cm³/mol. The summed E-state index contributed by atoms with van der Waals surface area (Å²) in [6.07, 6.45) is 4.98. The fraction of sp³-hybridized carbons (Fsp3) is 0.250. The van der Waals surface area contributed by atoms with Crippen LogP contribution < -0.4 is 0 Å². The second-order valence-corrected chi connectivity index (χ2v) is 3.21. The van der Waals surface area contributed by atoms with E-state index in [1.54, 1.807) is 6.26 Å². The van der Waals surface area contributed by atoms with E-state index in [-0.39, 0.29) is 0 Å². The van der Waals surface area contributed by atoms with E-state index in [9.17, 15) is 0 Å². The van der Waals surface area contributed by atoms with Crippen LogP contribution in [0, 0.1) is 6.92 Å². The van der Waals surface area contributed by atoms with Crippen LogP contribution in [0.15, 0.2) is 34.9 Å². The van der Waals surface area contributed by atoms with Crippen molar-refractivity contribution in [2.75, 3.05) is 0 Å². The number of benzene rings is 1. The van der Waals surface area contributed by atoms with Gasteiger partial charge in [0, 0.05) is 5.39 Å². The first-order chi connectivity index (χ1) is 6.42. The molecule has 1 nitrogen and oxygen atoms in total. The van der Waals surface area contributed by atoms with Gasteiger partial charge in [0.15, 0.2) is 0 Å². The van der Waals surface area contributed by atoms with Crippen LogP contribution in [0.3, 0.4) is 0 Å². The highest BCUT2D eigenvalue weighted by molar-refractivity contribution is 5.80. The summed E-state index contributed by atoms with van der Waals surface area (Å²) in [6.45, 7) is 3.85. The molecule has 1 aromatic carbocycles. The lowest BCUT2D eigenvalue weighted by molar-refractivity contribution is 0.615. The Morgan fingerprint density at radius 3 is 3.00 bits per heavy atom. The first-order valence-corrected chi connectivity index (χ1v) is 4.66. The predicted octanol–water partition coefficient (Wildman–Crippen LogP) is 3.59. The summed E-state index contributed by atoms with van der Waals surface area (Å²) in [4.78, 5) is 0. The number of rotatable bonds is 3. The first kappa shape index (κ1) is 8.36. The fourth-order valence-corrected chi connectivity index (χ4v) is 1.59. The Morgan fingerprint density at radius 2 is 2.15 bits per heavy atom. The smallest absolute Gasteiger partial charge is 0.134 e. The van der Waals surface area contributed by atoms with E-state index in [1.807, 2.05) is 18.2 Å². The zero-order valence-electron chi connectivity index (χ0n) is 7.62. The van der Waals surface area contributed by atoms with Gasteiger partial charge in [-0.3, -0.25) is 0 Å². The van der Waals surface area contributed by atoms with E-state index in [2.05, 4.69) is 13.0 Å². The largest absolute Gasteiger partial charge is 0.464 e. The molecule has 0 N–H and O–H groups in total. The van der Waals surface area contributed by atoms with Crippen LogP contribution in [0.2, 0.25) is 0 Å². The van der Waals surface area contributed by atoms with Crippen molar-refractivity contribution in [3.8, 4) is 0 Å². The minimum Gasteiger partial charge on any atom is -0.464 e. The second kappa shape index (κ2) is 3.65. The molecule has 0 saturated carbocycles. The number of furan rings is 1. The Labute approximate surface area is 78.4 Å². The van der Waals surface area contributed by atoms with E-state index >= 15 is 0 Å². The van der Waals surface area contributed by atoms with E-state index in [4.69, 9.17) is 4.42 Å². The minimum atomic E-state index is 0.988. The lowest BCUT2D eigenvalue weighted by atomic mass is 10.0. The molecule has 0 fully saturated rings. The molecule has 2 aromatic rings. The molecular formula is C12H13O. The molecule has 0 saturated heterocycles. The SMILES string of the molecule is [CH2]CCCc1cccc2occc12. The molecule has 1 heteroatoms. The fourth-order valence-electron chi connectivity index (χ4n) is 1.59. The van der Waals surface area contributed by atoms with E-state index in [1.165, 1.54) is 10.9 Å². The van der Waals surface area contributed by atoms with Crippen molar-refractivity contribution in [2.45, 2.75) is 19.3 Å². The average molecular weight is 173 g/mol. The summed E-state index contributed by atoms with van der Waals surface area (Å²) in [6, 6.07) is 8.24. The topological polar surface area (TPSA) is 13.1 Å². The summed E-state index contributed by atoms with van der Waals surface area (Å²) in [5.74, 6) is 0. The Bertz CT molecular complexity index is 387. The Kier molecular flexibility index (Phi) is 2.35. The third kappa shape index (κ3) is 1.59. The molecular weight excluding hydrogens is 160 g/mol. The number of hydrogen-bond acceptors (Lipinski definition) is 1. The lowest BCUT2D eigenvalue weighted by Gasteiger charge is -2.00. The third-order valence-corrected chi connectivity index (χ3v) is 2.28. The molecule has 1 radical (unpaired) electrons. The molecule has 0 bridgehead atoms. The Balaban J connectivity index is 2.37. The molecule has 0 atom stereocenters. The normalized spacial score (nSPS) is 10.8. The number of unbranched alkanes of at least 4 members (excludes halogenated alkanes) is 1. The zero-order chi connectivity index (χ0) is 9.10. The van der Waals surface area contributed by atoms with E-state index in [0.717, 1.165) is 24.8 Å². The van der Waals surface area contributed by atoms with Gasteiger partial charge in [-0.1, -0.05) is 25.5 Å². The van der Waals surface area contributed by atoms with Gasteiger partial charge in [0.05, 0.1) is 6.26 Å². The summed E-state index contributed by atoms with van der Waals surface area (Å²) in [5.41, 5.74) is 2.36. The summed E-state index contributed by atoms with van der Waals surface area (Å²) >= 11 is 0. The maximum absolute atomic E-state index is 5.32. The molecule has 13 heavy (non-hydrogen) atoms. The number of aryl methyl sites for hydroxylation is 1.